The third kappa shape index (κ3) is 6.24. The number of aromatic nitrogens is 4. The van der Waals surface area contributed by atoms with Crippen molar-refractivity contribution >= 4 is 34.7 Å². The van der Waals surface area contributed by atoms with Crippen LogP contribution in [0.3, 0.4) is 0 Å². The lowest BCUT2D eigenvalue weighted by Crippen LogP contribution is -2.23. The maximum atomic E-state index is 14.3. The van der Waals surface area contributed by atoms with Crippen LogP contribution in [0.1, 0.15) is 34.0 Å². The summed E-state index contributed by atoms with van der Waals surface area (Å²) in [5.41, 5.74) is 3.28. The third-order valence-corrected chi connectivity index (χ3v) is 5.02. The van der Waals surface area contributed by atoms with Crippen molar-refractivity contribution in [1.82, 2.24) is 30.4 Å². The van der Waals surface area contributed by atoms with Crippen molar-refractivity contribution in [3.8, 4) is 0 Å². The minimum atomic E-state index is -0.413. The molecular formula is C23H24ClFN6O2. The zero-order chi connectivity index (χ0) is 23.8. The summed E-state index contributed by atoms with van der Waals surface area (Å²) in [7, 11) is 1.88. The van der Waals surface area contributed by atoms with Crippen LogP contribution in [0.25, 0.3) is 10.9 Å². The molecule has 8 nitrogen and oxygen atoms in total. The number of fused-ring (bicyclic) bond motifs is 1. The highest BCUT2D eigenvalue weighted by atomic mass is 35.5. The first-order valence-corrected chi connectivity index (χ1v) is 10.6. The molecule has 0 radical (unpaired) electrons. The van der Waals surface area contributed by atoms with Crippen LogP contribution in [-0.2, 0) is 24.4 Å². The van der Waals surface area contributed by atoms with Gasteiger partial charge in [-0.3, -0.25) is 14.5 Å². The second-order valence-corrected chi connectivity index (χ2v) is 7.61. The molecule has 0 spiro atoms. The highest BCUT2D eigenvalue weighted by Gasteiger charge is 2.12. The zero-order valence-electron chi connectivity index (χ0n) is 18.2. The topological polar surface area (TPSA) is 105 Å². The van der Waals surface area contributed by atoms with Gasteiger partial charge in [0.25, 0.3) is 5.91 Å². The van der Waals surface area contributed by atoms with Gasteiger partial charge in [0.15, 0.2) is 0 Å². The standard InChI is InChI=1S/C21H20ClFN6O.C2H4O/c1-24-5-14-7-28-29(12-14)11-13-2-16(8-25-6-13)21(30)27-9-15-3-17-18(22)10-26-20(17)4-19(15)23;1-2-3/h2-4,6-8,10,12,24,26H,5,9,11H2,1H3,(H,27,30);2H,1H3. The van der Waals surface area contributed by atoms with Crippen LogP contribution >= 0.6 is 11.6 Å². The van der Waals surface area contributed by atoms with E-state index >= 15 is 0 Å². The van der Waals surface area contributed by atoms with E-state index in [-0.39, 0.29) is 12.5 Å². The fourth-order valence-electron chi connectivity index (χ4n) is 3.24. The lowest BCUT2D eigenvalue weighted by Gasteiger charge is -2.08. The number of aldehydes is 1. The smallest absolute Gasteiger partial charge is 0.253 e. The molecule has 0 bridgehead atoms. The Bertz CT molecular complexity index is 1250. The van der Waals surface area contributed by atoms with Gasteiger partial charge in [-0.05, 0) is 37.7 Å². The van der Waals surface area contributed by atoms with E-state index < -0.39 is 5.82 Å². The number of rotatable bonds is 7. The largest absolute Gasteiger partial charge is 0.360 e. The number of benzene rings is 1. The summed E-state index contributed by atoms with van der Waals surface area (Å²) in [4.78, 5) is 28.4. The number of carbonyl (C=O) groups excluding carboxylic acids is 2. The van der Waals surface area contributed by atoms with E-state index in [0.29, 0.717) is 33.6 Å². The Hall–Kier alpha value is -3.56. The van der Waals surface area contributed by atoms with Crippen molar-refractivity contribution in [3.05, 3.63) is 82.3 Å². The quantitative estimate of drug-likeness (QED) is 0.359. The fraction of sp³-hybridized carbons (Fsp3) is 0.217. The normalized spacial score (nSPS) is 10.5. The van der Waals surface area contributed by atoms with Crippen LogP contribution in [0.15, 0.2) is 49.2 Å². The van der Waals surface area contributed by atoms with Gasteiger partial charge >= 0.3 is 0 Å². The molecule has 0 unspecified atom stereocenters. The molecule has 3 aromatic heterocycles. The Labute approximate surface area is 195 Å². The van der Waals surface area contributed by atoms with E-state index in [2.05, 4.69) is 25.7 Å². The molecule has 0 atom stereocenters. The lowest BCUT2D eigenvalue weighted by molar-refractivity contribution is -0.106. The van der Waals surface area contributed by atoms with Crippen molar-refractivity contribution < 1.29 is 14.0 Å². The van der Waals surface area contributed by atoms with Crippen LogP contribution in [0.5, 0.6) is 0 Å². The minimum Gasteiger partial charge on any atom is -0.360 e. The summed E-state index contributed by atoms with van der Waals surface area (Å²) in [6, 6.07) is 4.76. The first-order valence-electron chi connectivity index (χ1n) is 10.2. The van der Waals surface area contributed by atoms with Crippen LogP contribution in [0, 0.1) is 5.82 Å². The fourth-order valence-corrected chi connectivity index (χ4v) is 3.45. The summed E-state index contributed by atoms with van der Waals surface area (Å²) in [5, 5.41) is 11.3. The van der Waals surface area contributed by atoms with Gasteiger partial charge in [-0.15, -0.1) is 0 Å². The van der Waals surface area contributed by atoms with Gasteiger partial charge in [0, 0.05) is 59.9 Å². The number of amides is 1. The van der Waals surface area contributed by atoms with Crippen molar-refractivity contribution in [2.45, 2.75) is 26.6 Å². The van der Waals surface area contributed by atoms with Crippen molar-refractivity contribution in [2.24, 2.45) is 0 Å². The third-order valence-electron chi connectivity index (χ3n) is 4.71. The molecule has 10 heteroatoms. The van der Waals surface area contributed by atoms with Crippen molar-refractivity contribution in [2.75, 3.05) is 7.05 Å². The van der Waals surface area contributed by atoms with E-state index in [9.17, 15) is 9.18 Å². The molecule has 4 aromatic rings. The highest BCUT2D eigenvalue weighted by molar-refractivity contribution is 6.35. The number of aromatic amines is 1. The summed E-state index contributed by atoms with van der Waals surface area (Å²) in [5.74, 6) is -0.746. The van der Waals surface area contributed by atoms with Gasteiger partial charge in [0.1, 0.15) is 12.1 Å². The molecule has 4 rings (SSSR count). The molecule has 0 saturated carbocycles. The average Bonchev–Trinajstić information content (AvgIpc) is 3.39. The number of nitrogens with zero attached hydrogens (tertiary/aromatic N) is 3. The van der Waals surface area contributed by atoms with Crippen LogP contribution in [-0.4, -0.2) is 39.0 Å². The van der Waals surface area contributed by atoms with E-state index in [1.54, 1.807) is 35.4 Å². The number of nitrogens with one attached hydrogen (secondary N) is 3. The number of carbonyl (C=O) groups is 2. The second-order valence-electron chi connectivity index (χ2n) is 7.20. The molecule has 1 amide bonds. The summed E-state index contributed by atoms with van der Waals surface area (Å²) in [6.45, 7) is 2.71. The molecule has 3 N–H and O–H groups in total. The van der Waals surface area contributed by atoms with Gasteiger partial charge in [0.2, 0.25) is 0 Å². The second kappa shape index (κ2) is 11.3. The maximum Gasteiger partial charge on any atom is 0.253 e. The van der Waals surface area contributed by atoms with Gasteiger partial charge in [-0.1, -0.05) is 11.6 Å². The monoisotopic (exact) mass is 470 g/mol. The molecule has 0 aliphatic heterocycles. The number of H-pyrrole nitrogens is 1. The molecule has 0 saturated heterocycles. The van der Waals surface area contributed by atoms with Crippen LogP contribution < -0.4 is 10.6 Å². The summed E-state index contributed by atoms with van der Waals surface area (Å²) in [6.07, 6.45) is 9.26. The molecule has 0 aliphatic rings. The van der Waals surface area contributed by atoms with Gasteiger partial charge in [-0.2, -0.15) is 5.10 Å². The van der Waals surface area contributed by atoms with Crippen LogP contribution in [0.4, 0.5) is 4.39 Å². The molecule has 0 aliphatic carbocycles. The number of pyridine rings is 1. The first-order chi connectivity index (χ1) is 15.9. The predicted molar refractivity (Wildman–Crippen MR) is 125 cm³/mol. The molecule has 3 heterocycles. The zero-order valence-corrected chi connectivity index (χ0v) is 19.0. The van der Waals surface area contributed by atoms with E-state index in [1.807, 2.05) is 13.2 Å². The number of hydrogen-bond donors (Lipinski definition) is 3. The van der Waals surface area contributed by atoms with Gasteiger partial charge in [-0.25, -0.2) is 4.39 Å². The summed E-state index contributed by atoms with van der Waals surface area (Å²) < 4.78 is 16.1. The van der Waals surface area contributed by atoms with Gasteiger partial charge < -0.3 is 20.4 Å². The number of halogens is 2. The molecular weight excluding hydrogens is 447 g/mol. The Kier molecular flexibility index (Phi) is 8.28. The van der Waals surface area contributed by atoms with E-state index in [0.717, 1.165) is 24.0 Å². The highest BCUT2D eigenvalue weighted by Crippen LogP contribution is 2.25. The SMILES string of the molecule is CC=O.CNCc1cnn(Cc2cncc(C(=O)NCc3cc4c(Cl)c[nH]c4cc3F)c2)c1. The minimum absolute atomic E-state index is 0.0406. The lowest BCUT2D eigenvalue weighted by atomic mass is 10.1. The molecule has 1 aromatic carbocycles. The van der Waals surface area contributed by atoms with Crippen molar-refractivity contribution in [1.29, 1.82) is 0 Å². The number of hydrogen-bond acceptors (Lipinski definition) is 5. The Morgan fingerprint density at radius 2 is 2.00 bits per heavy atom. The molecule has 0 fully saturated rings. The van der Waals surface area contributed by atoms with E-state index in [1.165, 1.54) is 19.2 Å². The Morgan fingerprint density at radius 1 is 1.21 bits per heavy atom. The Morgan fingerprint density at radius 3 is 2.76 bits per heavy atom. The van der Waals surface area contributed by atoms with Crippen LogP contribution in [0.2, 0.25) is 5.02 Å². The first kappa shape index (κ1) is 24.1. The summed E-state index contributed by atoms with van der Waals surface area (Å²) >= 11 is 6.10. The predicted octanol–water partition coefficient (Wildman–Crippen LogP) is 3.45. The Balaban J connectivity index is 0.000000968. The molecule has 172 valence electrons. The van der Waals surface area contributed by atoms with Gasteiger partial charge in [0.05, 0.1) is 23.3 Å². The average molecular weight is 471 g/mol. The molecule has 33 heavy (non-hydrogen) atoms. The van der Waals surface area contributed by atoms with Crippen molar-refractivity contribution in [3.63, 3.8) is 0 Å². The van der Waals surface area contributed by atoms with E-state index in [4.69, 9.17) is 16.4 Å². The maximum absolute atomic E-state index is 14.3.